The first-order valence-electron chi connectivity index (χ1n) is 8.85. The summed E-state index contributed by atoms with van der Waals surface area (Å²) in [6, 6.07) is 25.3. The Balaban J connectivity index is 1.96. The fourth-order valence-corrected chi connectivity index (χ4v) is 2.92. The van der Waals surface area contributed by atoms with Gasteiger partial charge < -0.3 is 4.90 Å². The van der Waals surface area contributed by atoms with Gasteiger partial charge in [-0.1, -0.05) is 72.8 Å². The van der Waals surface area contributed by atoms with Crippen LogP contribution >= 0.6 is 0 Å². The Bertz CT molecular complexity index is 999. The van der Waals surface area contributed by atoms with E-state index in [-0.39, 0.29) is 11.6 Å². The van der Waals surface area contributed by atoms with Crippen LogP contribution in [0.4, 0.5) is 5.69 Å². The summed E-state index contributed by atoms with van der Waals surface area (Å²) in [5.41, 5.74) is 2.88. The van der Waals surface area contributed by atoms with Crippen molar-refractivity contribution in [3.05, 3.63) is 112 Å². The molecule has 3 aromatic carbocycles. The maximum Gasteiger partial charge on any atom is 0.270 e. The Morgan fingerprint density at radius 3 is 2.25 bits per heavy atom. The molecule has 0 spiro atoms. The monoisotopic (exact) mass is 372 g/mol. The molecule has 0 atom stereocenters. The van der Waals surface area contributed by atoms with Crippen LogP contribution in [0.25, 0.3) is 11.6 Å². The fourth-order valence-electron chi connectivity index (χ4n) is 2.92. The zero-order valence-electron chi connectivity index (χ0n) is 15.5. The van der Waals surface area contributed by atoms with Gasteiger partial charge in [-0.05, 0) is 22.8 Å². The normalized spacial score (nSPS) is 11.1. The molecule has 5 heteroatoms. The number of amides is 1. The van der Waals surface area contributed by atoms with Crippen molar-refractivity contribution in [1.29, 1.82) is 0 Å². The van der Waals surface area contributed by atoms with E-state index in [1.54, 1.807) is 30.2 Å². The lowest BCUT2D eigenvalue weighted by Gasteiger charge is -2.19. The second kappa shape index (κ2) is 8.77. The predicted molar refractivity (Wildman–Crippen MR) is 110 cm³/mol. The molecule has 0 aliphatic rings. The van der Waals surface area contributed by atoms with Crippen molar-refractivity contribution in [2.75, 3.05) is 7.05 Å². The lowest BCUT2D eigenvalue weighted by atomic mass is 10.0. The molecule has 0 aliphatic carbocycles. The molecule has 0 saturated heterocycles. The molecule has 1 amide bonds. The number of nitro groups is 1. The highest BCUT2D eigenvalue weighted by molar-refractivity contribution is 6.24. The van der Waals surface area contributed by atoms with Crippen LogP contribution in [0.15, 0.2) is 84.9 Å². The maximum atomic E-state index is 13.2. The first-order valence-corrected chi connectivity index (χ1v) is 8.85. The Hall–Kier alpha value is -3.73. The van der Waals surface area contributed by atoms with E-state index in [2.05, 4.69) is 0 Å². The molecule has 5 nitrogen and oxygen atoms in total. The van der Waals surface area contributed by atoms with Crippen molar-refractivity contribution in [2.24, 2.45) is 0 Å². The summed E-state index contributed by atoms with van der Waals surface area (Å²) in [4.78, 5) is 25.5. The number of carbonyl (C=O) groups is 1. The van der Waals surface area contributed by atoms with Crippen molar-refractivity contribution in [3.8, 4) is 0 Å². The van der Waals surface area contributed by atoms with Crippen LogP contribution in [0.1, 0.15) is 16.7 Å². The molecule has 0 unspecified atom stereocenters. The molecule has 0 fully saturated rings. The summed E-state index contributed by atoms with van der Waals surface area (Å²) < 4.78 is 0. The van der Waals surface area contributed by atoms with Crippen LogP contribution in [0, 0.1) is 10.1 Å². The van der Waals surface area contributed by atoms with Crippen LogP contribution < -0.4 is 0 Å². The van der Waals surface area contributed by atoms with Crippen LogP contribution in [-0.4, -0.2) is 22.8 Å². The van der Waals surface area contributed by atoms with E-state index in [4.69, 9.17) is 0 Å². The van der Waals surface area contributed by atoms with Crippen LogP contribution in [0.2, 0.25) is 0 Å². The van der Waals surface area contributed by atoms with Gasteiger partial charge in [0.15, 0.2) is 0 Å². The third-order valence-corrected chi connectivity index (χ3v) is 4.32. The lowest BCUT2D eigenvalue weighted by molar-refractivity contribution is -0.384. The van der Waals surface area contributed by atoms with Gasteiger partial charge in [0.1, 0.15) is 0 Å². The van der Waals surface area contributed by atoms with E-state index in [1.165, 1.54) is 12.1 Å². The topological polar surface area (TPSA) is 63.5 Å². The number of rotatable bonds is 6. The zero-order chi connectivity index (χ0) is 19.9. The van der Waals surface area contributed by atoms with Crippen molar-refractivity contribution < 1.29 is 9.72 Å². The maximum absolute atomic E-state index is 13.2. The molecule has 3 aromatic rings. The van der Waals surface area contributed by atoms with E-state index in [1.807, 2.05) is 60.7 Å². The second-order valence-corrected chi connectivity index (χ2v) is 6.42. The minimum absolute atomic E-state index is 0.00810. The number of non-ortho nitro benzene ring substituents is 1. The molecular weight excluding hydrogens is 352 g/mol. The highest BCUT2D eigenvalue weighted by Crippen LogP contribution is 2.23. The largest absolute Gasteiger partial charge is 0.337 e. The van der Waals surface area contributed by atoms with E-state index in [0.29, 0.717) is 17.7 Å². The average molecular weight is 372 g/mol. The standard InChI is InChI=1S/C23H20N2O3/c1-24(17-18-9-4-2-5-10-18)23(26)22(20-12-6-3-7-13-20)16-19-11-8-14-21(15-19)25(27)28/h2-16H,17H2,1H3/b22-16+. The lowest BCUT2D eigenvalue weighted by Crippen LogP contribution is -2.27. The highest BCUT2D eigenvalue weighted by atomic mass is 16.6. The van der Waals surface area contributed by atoms with Gasteiger partial charge in [0.25, 0.3) is 11.6 Å². The van der Waals surface area contributed by atoms with Gasteiger partial charge >= 0.3 is 0 Å². The molecule has 0 heterocycles. The number of carbonyl (C=O) groups excluding carboxylic acids is 1. The van der Waals surface area contributed by atoms with E-state index < -0.39 is 4.92 Å². The molecule has 0 saturated carbocycles. The Morgan fingerprint density at radius 2 is 1.61 bits per heavy atom. The van der Waals surface area contributed by atoms with Gasteiger partial charge in [-0.15, -0.1) is 0 Å². The highest BCUT2D eigenvalue weighted by Gasteiger charge is 2.17. The van der Waals surface area contributed by atoms with Gasteiger partial charge in [0.2, 0.25) is 0 Å². The van der Waals surface area contributed by atoms with Crippen molar-refractivity contribution >= 4 is 23.2 Å². The van der Waals surface area contributed by atoms with Gasteiger partial charge in [-0.2, -0.15) is 0 Å². The minimum Gasteiger partial charge on any atom is -0.337 e. The SMILES string of the molecule is CN(Cc1ccccc1)C(=O)/C(=C/c1cccc([N+](=O)[O-])c1)c1ccccc1. The van der Waals surface area contributed by atoms with Crippen molar-refractivity contribution in [3.63, 3.8) is 0 Å². The van der Waals surface area contributed by atoms with Crippen molar-refractivity contribution in [1.82, 2.24) is 4.90 Å². The molecular formula is C23H20N2O3. The van der Waals surface area contributed by atoms with Crippen LogP contribution in [0.3, 0.4) is 0 Å². The Labute approximate surface area is 163 Å². The molecule has 0 bridgehead atoms. The smallest absolute Gasteiger partial charge is 0.270 e. The molecule has 0 aromatic heterocycles. The summed E-state index contributed by atoms with van der Waals surface area (Å²) in [5.74, 6) is -0.151. The first-order chi connectivity index (χ1) is 13.5. The Morgan fingerprint density at radius 1 is 0.964 bits per heavy atom. The molecule has 0 N–H and O–H groups in total. The van der Waals surface area contributed by atoms with Gasteiger partial charge in [-0.3, -0.25) is 14.9 Å². The number of hydrogen-bond acceptors (Lipinski definition) is 3. The van der Waals surface area contributed by atoms with Crippen LogP contribution in [-0.2, 0) is 11.3 Å². The second-order valence-electron chi connectivity index (χ2n) is 6.42. The van der Waals surface area contributed by atoms with E-state index in [9.17, 15) is 14.9 Å². The quantitative estimate of drug-likeness (QED) is 0.270. The van der Waals surface area contributed by atoms with Gasteiger partial charge in [-0.25, -0.2) is 0 Å². The molecule has 3 rings (SSSR count). The first kappa shape index (κ1) is 19.0. The summed E-state index contributed by atoms with van der Waals surface area (Å²) in [5, 5.41) is 11.1. The Kier molecular flexibility index (Phi) is 5.97. The summed E-state index contributed by atoms with van der Waals surface area (Å²) >= 11 is 0. The average Bonchev–Trinajstić information content (AvgIpc) is 2.73. The summed E-state index contributed by atoms with van der Waals surface area (Å²) in [7, 11) is 1.75. The van der Waals surface area contributed by atoms with Crippen molar-refractivity contribution in [2.45, 2.75) is 6.54 Å². The van der Waals surface area contributed by atoms with E-state index >= 15 is 0 Å². The predicted octanol–water partition coefficient (Wildman–Crippen LogP) is 4.79. The van der Waals surface area contributed by atoms with Gasteiger partial charge in [0.05, 0.1) is 4.92 Å². The molecule has 0 aliphatic heterocycles. The van der Waals surface area contributed by atoms with Gasteiger partial charge in [0, 0.05) is 31.3 Å². The third-order valence-electron chi connectivity index (χ3n) is 4.32. The number of likely N-dealkylation sites (N-methyl/N-ethyl adjacent to an activating group) is 1. The number of benzene rings is 3. The minimum atomic E-state index is -0.442. The summed E-state index contributed by atoms with van der Waals surface area (Å²) in [6.07, 6.45) is 1.70. The number of nitrogens with zero attached hydrogens (tertiary/aromatic N) is 2. The van der Waals surface area contributed by atoms with E-state index in [0.717, 1.165) is 11.1 Å². The molecule has 140 valence electrons. The molecule has 28 heavy (non-hydrogen) atoms. The number of nitro benzene ring substituents is 1. The molecule has 0 radical (unpaired) electrons. The zero-order valence-corrected chi connectivity index (χ0v) is 15.5. The fraction of sp³-hybridized carbons (Fsp3) is 0.0870. The summed E-state index contributed by atoms with van der Waals surface area (Å²) in [6.45, 7) is 0.471. The number of hydrogen-bond donors (Lipinski definition) is 0. The third kappa shape index (κ3) is 4.71. The van der Waals surface area contributed by atoms with Crippen LogP contribution in [0.5, 0.6) is 0 Å².